The molecule has 0 bridgehead atoms. The normalized spacial score (nSPS) is 21.6. The van der Waals surface area contributed by atoms with E-state index in [9.17, 15) is 9.59 Å². The van der Waals surface area contributed by atoms with E-state index in [2.05, 4.69) is 20.4 Å². The van der Waals surface area contributed by atoms with Gasteiger partial charge in [0.05, 0.1) is 16.7 Å². The molecule has 2 aliphatic rings. The molecule has 208 valence electrons. The first-order chi connectivity index (χ1) is 18.5. The van der Waals surface area contributed by atoms with E-state index in [1.54, 1.807) is 35.2 Å². The van der Waals surface area contributed by atoms with Gasteiger partial charge in [-0.25, -0.2) is 4.79 Å². The molecular formula is C28H35ClN6O4. The Labute approximate surface area is 234 Å². The monoisotopic (exact) mass is 554 g/mol. The number of hydrogen-bond donors (Lipinski definition) is 1. The summed E-state index contributed by atoms with van der Waals surface area (Å²) in [7, 11) is 0. The minimum Gasteiger partial charge on any atom is -0.490 e. The van der Waals surface area contributed by atoms with Gasteiger partial charge in [0.25, 0.3) is 5.91 Å². The van der Waals surface area contributed by atoms with Crippen LogP contribution in [-0.4, -0.2) is 70.5 Å². The Hall–Kier alpha value is -3.58. The average Bonchev–Trinajstić information content (AvgIpc) is 2.89. The molecule has 1 aliphatic heterocycles. The van der Waals surface area contributed by atoms with Crippen LogP contribution in [0.1, 0.15) is 69.4 Å². The molecule has 2 amide bonds. The van der Waals surface area contributed by atoms with E-state index in [4.69, 9.17) is 26.3 Å². The predicted molar refractivity (Wildman–Crippen MR) is 147 cm³/mol. The van der Waals surface area contributed by atoms with E-state index in [1.807, 2.05) is 33.8 Å². The van der Waals surface area contributed by atoms with E-state index in [0.717, 1.165) is 25.7 Å². The van der Waals surface area contributed by atoms with Gasteiger partial charge in [0.2, 0.25) is 0 Å². The fourth-order valence-electron chi connectivity index (χ4n) is 4.83. The van der Waals surface area contributed by atoms with Gasteiger partial charge in [-0.2, -0.15) is 5.26 Å². The lowest BCUT2D eigenvalue weighted by Crippen LogP contribution is -2.54. The second-order valence-electron chi connectivity index (χ2n) is 11.1. The Morgan fingerprint density at radius 3 is 2.44 bits per heavy atom. The molecule has 1 aromatic carbocycles. The number of carbonyl (C=O) groups excluding carboxylic acids is 2. The molecule has 4 rings (SSSR count). The van der Waals surface area contributed by atoms with Crippen LogP contribution in [0.15, 0.2) is 30.3 Å². The summed E-state index contributed by atoms with van der Waals surface area (Å²) in [5.74, 6) is 1.06. The number of piperazine rings is 1. The van der Waals surface area contributed by atoms with Crippen LogP contribution in [0.3, 0.4) is 0 Å². The highest BCUT2D eigenvalue weighted by molar-refractivity contribution is 6.31. The molecule has 39 heavy (non-hydrogen) atoms. The fourth-order valence-corrected chi connectivity index (χ4v) is 5.04. The number of halogens is 1. The third-order valence-electron chi connectivity index (χ3n) is 6.83. The quantitative estimate of drug-likeness (QED) is 0.570. The van der Waals surface area contributed by atoms with Gasteiger partial charge in [0, 0.05) is 37.8 Å². The highest BCUT2D eigenvalue weighted by atomic mass is 35.5. The van der Waals surface area contributed by atoms with Gasteiger partial charge in [-0.05, 0) is 77.6 Å². The molecule has 1 aliphatic carbocycles. The minimum atomic E-state index is -0.534. The summed E-state index contributed by atoms with van der Waals surface area (Å²) in [5, 5.41) is 20.9. The van der Waals surface area contributed by atoms with Gasteiger partial charge in [0.15, 0.2) is 11.5 Å². The van der Waals surface area contributed by atoms with Crippen LogP contribution in [0.4, 0.5) is 10.6 Å². The number of benzene rings is 1. The van der Waals surface area contributed by atoms with Gasteiger partial charge in [0.1, 0.15) is 17.4 Å². The van der Waals surface area contributed by atoms with Crippen LogP contribution in [0, 0.1) is 11.3 Å². The fraction of sp³-hybridized carbons (Fsp3) is 0.536. The molecule has 2 aromatic rings. The number of amides is 2. The molecule has 0 unspecified atom stereocenters. The van der Waals surface area contributed by atoms with Crippen molar-refractivity contribution in [2.45, 2.75) is 77.2 Å². The molecule has 2 heterocycles. The zero-order chi connectivity index (χ0) is 28.2. The summed E-state index contributed by atoms with van der Waals surface area (Å²) in [6.07, 6.45) is 2.86. The smallest absolute Gasteiger partial charge is 0.410 e. The zero-order valence-electron chi connectivity index (χ0n) is 22.8. The third kappa shape index (κ3) is 7.51. The number of rotatable bonds is 5. The molecule has 0 radical (unpaired) electrons. The van der Waals surface area contributed by atoms with Gasteiger partial charge in [-0.3, -0.25) is 4.79 Å². The second kappa shape index (κ2) is 12.1. The molecule has 1 N–H and O–H groups in total. The minimum absolute atomic E-state index is 0.0259. The van der Waals surface area contributed by atoms with Gasteiger partial charge in [-0.1, -0.05) is 11.6 Å². The first kappa shape index (κ1) is 28.4. The number of anilines is 1. The molecule has 2 fully saturated rings. The van der Waals surface area contributed by atoms with Crippen molar-refractivity contribution in [3.8, 4) is 11.8 Å². The van der Waals surface area contributed by atoms with E-state index in [-0.39, 0.29) is 35.9 Å². The molecule has 1 atom stereocenters. The highest BCUT2D eigenvalue weighted by Crippen LogP contribution is 2.27. The zero-order valence-corrected chi connectivity index (χ0v) is 23.6. The maximum Gasteiger partial charge on any atom is 0.410 e. The molecule has 11 heteroatoms. The van der Waals surface area contributed by atoms with Gasteiger partial charge in [-0.15, -0.1) is 10.2 Å². The lowest BCUT2D eigenvalue weighted by molar-refractivity contribution is 0.0218. The molecule has 10 nitrogen and oxygen atoms in total. The highest BCUT2D eigenvalue weighted by Gasteiger charge is 2.31. The van der Waals surface area contributed by atoms with Crippen LogP contribution in [0.5, 0.6) is 5.75 Å². The van der Waals surface area contributed by atoms with E-state index in [1.165, 1.54) is 0 Å². The summed E-state index contributed by atoms with van der Waals surface area (Å²) >= 11 is 6.10. The number of aromatic nitrogens is 2. The van der Waals surface area contributed by atoms with E-state index < -0.39 is 5.60 Å². The Bertz CT molecular complexity index is 1220. The van der Waals surface area contributed by atoms with Crippen LogP contribution >= 0.6 is 11.6 Å². The molecule has 1 aromatic heterocycles. The van der Waals surface area contributed by atoms with Crippen LogP contribution < -0.4 is 15.0 Å². The standard InChI is InChI=1S/C28H35ClN6O4/c1-18-17-34(27(37)39-28(2,3)4)13-14-35(18)25-12-11-24(32-33-25)26(36)31-20-6-9-21(10-7-20)38-22-8-5-19(16-30)23(29)15-22/h5,8,11-12,15,18,20-21H,6-7,9-10,13-14,17H2,1-4H3,(H,31,36)/t18-,20-,21-/m1/s1. The summed E-state index contributed by atoms with van der Waals surface area (Å²) in [6.45, 7) is 9.22. The van der Waals surface area contributed by atoms with Crippen molar-refractivity contribution in [2.24, 2.45) is 0 Å². The summed E-state index contributed by atoms with van der Waals surface area (Å²) in [6, 6.07) is 10.7. The summed E-state index contributed by atoms with van der Waals surface area (Å²) in [4.78, 5) is 29.0. The third-order valence-corrected chi connectivity index (χ3v) is 7.14. The van der Waals surface area contributed by atoms with Crippen molar-refractivity contribution in [3.63, 3.8) is 0 Å². The first-order valence-corrected chi connectivity index (χ1v) is 13.7. The summed E-state index contributed by atoms with van der Waals surface area (Å²) in [5.41, 5.74) is 0.152. The lowest BCUT2D eigenvalue weighted by Gasteiger charge is -2.40. The number of carbonyl (C=O) groups is 2. The van der Waals surface area contributed by atoms with Crippen molar-refractivity contribution in [3.05, 3.63) is 46.6 Å². The number of nitrogens with zero attached hydrogens (tertiary/aromatic N) is 5. The number of hydrogen-bond acceptors (Lipinski definition) is 8. The van der Waals surface area contributed by atoms with Gasteiger partial charge < -0.3 is 24.6 Å². The Kier molecular flexibility index (Phi) is 8.80. The largest absolute Gasteiger partial charge is 0.490 e. The number of nitrogens with one attached hydrogen (secondary N) is 1. The van der Waals surface area contributed by atoms with Crippen LogP contribution in [-0.2, 0) is 4.74 Å². The van der Waals surface area contributed by atoms with Crippen molar-refractivity contribution < 1.29 is 19.1 Å². The Morgan fingerprint density at radius 2 is 1.85 bits per heavy atom. The molecular weight excluding hydrogens is 520 g/mol. The number of nitriles is 1. The van der Waals surface area contributed by atoms with Crippen LogP contribution in [0.2, 0.25) is 5.02 Å². The SMILES string of the molecule is C[C@@H]1CN(C(=O)OC(C)(C)C)CCN1c1ccc(C(=O)N[C@H]2CC[C@H](Oc3ccc(C#N)c(Cl)c3)CC2)nn1. The van der Waals surface area contributed by atoms with Gasteiger partial charge >= 0.3 is 6.09 Å². The molecule has 0 spiro atoms. The molecule has 1 saturated carbocycles. The van der Waals surface area contributed by atoms with Crippen molar-refractivity contribution >= 4 is 29.4 Å². The first-order valence-electron chi connectivity index (χ1n) is 13.3. The Balaban J connectivity index is 1.24. The predicted octanol–water partition coefficient (Wildman–Crippen LogP) is 4.57. The second-order valence-corrected chi connectivity index (χ2v) is 11.5. The van der Waals surface area contributed by atoms with Crippen molar-refractivity contribution in [1.29, 1.82) is 5.26 Å². The van der Waals surface area contributed by atoms with Crippen LogP contribution in [0.25, 0.3) is 0 Å². The van der Waals surface area contributed by atoms with Crippen molar-refractivity contribution in [1.82, 2.24) is 20.4 Å². The molecule has 1 saturated heterocycles. The summed E-state index contributed by atoms with van der Waals surface area (Å²) < 4.78 is 11.5. The maximum absolute atomic E-state index is 12.8. The van der Waals surface area contributed by atoms with E-state index >= 15 is 0 Å². The maximum atomic E-state index is 12.8. The average molecular weight is 555 g/mol. The topological polar surface area (TPSA) is 121 Å². The lowest BCUT2D eigenvalue weighted by atomic mass is 9.93. The van der Waals surface area contributed by atoms with E-state index in [0.29, 0.717) is 41.8 Å². The van der Waals surface area contributed by atoms with Crippen molar-refractivity contribution in [2.75, 3.05) is 24.5 Å². The number of ether oxygens (including phenoxy) is 2. The Morgan fingerprint density at radius 1 is 1.10 bits per heavy atom.